The fourth-order valence-corrected chi connectivity index (χ4v) is 2.50. The number of hydrogen-bond acceptors (Lipinski definition) is 1. The maximum Gasteiger partial charge on any atom is 0.177 e. The second-order valence-corrected chi connectivity index (χ2v) is 5.71. The SMILES string of the molecule is Cc1ccc(CCCCc2ccc(C(=O)CCl)cc2)cc1. The zero-order valence-corrected chi connectivity index (χ0v) is 13.2. The summed E-state index contributed by atoms with van der Waals surface area (Å²) in [5, 5.41) is 0. The van der Waals surface area contributed by atoms with Crippen LogP contribution in [-0.2, 0) is 12.8 Å². The van der Waals surface area contributed by atoms with Crippen LogP contribution in [0.1, 0.15) is 39.9 Å². The molecule has 2 rings (SSSR count). The van der Waals surface area contributed by atoms with E-state index in [0.717, 1.165) is 19.3 Å². The number of carbonyl (C=O) groups excluding carboxylic acids is 1. The Hall–Kier alpha value is -1.60. The Morgan fingerprint density at radius 2 is 1.33 bits per heavy atom. The highest BCUT2D eigenvalue weighted by molar-refractivity contribution is 6.30. The lowest BCUT2D eigenvalue weighted by Gasteiger charge is -2.04. The van der Waals surface area contributed by atoms with Crippen molar-refractivity contribution in [3.63, 3.8) is 0 Å². The van der Waals surface area contributed by atoms with Crippen molar-refractivity contribution in [2.24, 2.45) is 0 Å². The molecular weight excluding hydrogens is 280 g/mol. The molecule has 0 saturated carbocycles. The highest BCUT2D eigenvalue weighted by Crippen LogP contribution is 2.12. The number of hydrogen-bond donors (Lipinski definition) is 0. The Labute approximate surface area is 132 Å². The van der Waals surface area contributed by atoms with E-state index in [9.17, 15) is 4.79 Å². The average Bonchev–Trinajstić information content (AvgIpc) is 2.53. The first-order chi connectivity index (χ1) is 10.2. The number of carbonyl (C=O) groups is 1. The van der Waals surface area contributed by atoms with E-state index in [1.807, 2.05) is 24.3 Å². The molecule has 0 fully saturated rings. The summed E-state index contributed by atoms with van der Waals surface area (Å²) in [6.07, 6.45) is 4.53. The second kappa shape index (κ2) is 7.99. The molecule has 2 aromatic carbocycles. The van der Waals surface area contributed by atoms with Crippen molar-refractivity contribution >= 4 is 17.4 Å². The van der Waals surface area contributed by atoms with Crippen LogP contribution in [0.25, 0.3) is 0 Å². The summed E-state index contributed by atoms with van der Waals surface area (Å²) in [6.45, 7) is 2.11. The number of Topliss-reactive ketones (excluding diaryl/α,β-unsaturated/α-hetero) is 1. The van der Waals surface area contributed by atoms with E-state index in [2.05, 4.69) is 31.2 Å². The Balaban J connectivity index is 1.75. The molecule has 0 heterocycles. The van der Waals surface area contributed by atoms with Crippen LogP contribution in [0.15, 0.2) is 48.5 Å². The molecule has 2 aromatic rings. The van der Waals surface area contributed by atoms with Gasteiger partial charge in [-0.25, -0.2) is 0 Å². The third-order valence-electron chi connectivity index (χ3n) is 3.70. The Morgan fingerprint density at radius 1 is 0.857 bits per heavy atom. The molecule has 0 aromatic heterocycles. The van der Waals surface area contributed by atoms with Gasteiger partial charge in [-0.15, -0.1) is 11.6 Å². The van der Waals surface area contributed by atoms with Crippen molar-refractivity contribution in [2.45, 2.75) is 32.6 Å². The molecule has 0 aliphatic rings. The molecule has 0 N–H and O–H groups in total. The number of rotatable bonds is 7. The number of aryl methyl sites for hydroxylation is 3. The van der Waals surface area contributed by atoms with Crippen molar-refractivity contribution in [3.8, 4) is 0 Å². The minimum Gasteiger partial charge on any atom is -0.293 e. The maximum absolute atomic E-state index is 11.4. The number of ketones is 1. The quantitative estimate of drug-likeness (QED) is 0.400. The number of benzene rings is 2. The molecule has 0 spiro atoms. The van der Waals surface area contributed by atoms with Crippen LogP contribution in [0, 0.1) is 6.92 Å². The maximum atomic E-state index is 11.4. The number of unbranched alkanes of at least 4 members (excludes halogenated alkanes) is 1. The Morgan fingerprint density at radius 3 is 1.81 bits per heavy atom. The first-order valence-electron chi connectivity index (χ1n) is 7.42. The molecule has 0 atom stereocenters. The van der Waals surface area contributed by atoms with E-state index < -0.39 is 0 Å². The van der Waals surface area contributed by atoms with Crippen LogP contribution >= 0.6 is 11.6 Å². The van der Waals surface area contributed by atoms with Gasteiger partial charge in [0.15, 0.2) is 5.78 Å². The summed E-state index contributed by atoms with van der Waals surface area (Å²) >= 11 is 5.55. The molecule has 0 aliphatic heterocycles. The molecule has 0 aliphatic carbocycles. The van der Waals surface area contributed by atoms with Crippen LogP contribution < -0.4 is 0 Å². The van der Waals surface area contributed by atoms with E-state index in [0.29, 0.717) is 5.56 Å². The fourth-order valence-electron chi connectivity index (χ4n) is 2.35. The molecule has 0 unspecified atom stereocenters. The van der Waals surface area contributed by atoms with Gasteiger partial charge in [-0.1, -0.05) is 54.1 Å². The minimum atomic E-state index is -0.0115. The lowest BCUT2D eigenvalue weighted by molar-refractivity contribution is 0.102. The third-order valence-corrected chi connectivity index (χ3v) is 3.94. The first-order valence-corrected chi connectivity index (χ1v) is 7.96. The summed E-state index contributed by atoms with van der Waals surface area (Å²) in [5.41, 5.74) is 4.70. The Kier molecular flexibility index (Phi) is 6.01. The van der Waals surface area contributed by atoms with Crippen molar-refractivity contribution in [1.29, 1.82) is 0 Å². The standard InChI is InChI=1S/C19H21ClO/c1-15-6-8-16(9-7-15)4-2-3-5-17-10-12-18(13-11-17)19(21)14-20/h6-13H,2-5,14H2,1H3. The zero-order valence-electron chi connectivity index (χ0n) is 12.4. The van der Waals surface area contributed by atoms with Gasteiger partial charge in [0, 0.05) is 5.56 Å². The predicted molar refractivity (Wildman–Crippen MR) is 89.3 cm³/mol. The van der Waals surface area contributed by atoms with E-state index >= 15 is 0 Å². The van der Waals surface area contributed by atoms with Crippen LogP contribution in [0.4, 0.5) is 0 Å². The lowest BCUT2D eigenvalue weighted by atomic mass is 10.0. The van der Waals surface area contributed by atoms with Crippen LogP contribution in [0.3, 0.4) is 0 Å². The topological polar surface area (TPSA) is 17.1 Å². The Bertz CT molecular complexity index is 570. The van der Waals surface area contributed by atoms with Crippen molar-refractivity contribution < 1.29 is 4.79 Å². The molecular formula is C19H21ClO. The van der Waals surface area contributed by atoms with Gasteiger partial charge in [-0.2, -0.15) is 0 Å². The van der Waals surface area contributed by atoms with Crippen molar-refractivity contribution in [2.75, 3.05) is 5.88 Å². The summed E-state index contributed by atoms with van der Waals surface area (Å²) in [5.74, 6) is 0.0400. The van der Waals surface area contributed by atoms with Crippen LogP contribution in [0.2, 0.25) is 0 Å². The van der Waals surface area contributed by atoms with Gasteiger partial charge < -0.3 is 0 Å². The van der Waals surface area contributed by atoms with Gasteiger partial charge in [-0.05, 0) is 43.7 Å². The van der Waals surface area contributed by atoms with Gasteiger partial charge in [0.25, 0.3) is 0 Å². The van der Waals surface area contributed by atoms with E-state index in [-0.39, 0.29) is 11.7 Å². The lowest BCUT2D eigenvalue weighted by Crippen LogP contribution is -2.00. The smallest absolute Gasteiger partial charge is 0.177 e. The second-order valence-electron chi connectivity index (χ2n) is 5.45. The summed E-state index contributed by atoms with van der Waals surface area (Å²) < 4.78 is 0. The molecule has 110 valence electrons. The van der Waals surface area contributed by atoms with Crippen LogP contribution in [0.5, 0.6) is 0 Å². The molecule has 1 nitrogen and oxygen atoms in total. The van der Waals surface area contributed by atoms with Gasteiger partial charge in [-0.3, -0.25) is 4.79 Å². The highest BCUT2D eigenvalue weighted by atomic mass is 35.5. The predicted octanol–water partition coefficient (Wildman–Crippen LogP) is 4.98. The molecule has 0 bridgehead atoms. The average molecular weight is 301 g/mol. The number of alkyl halides is 1. The molecule has 0 saturated heterocycles. The molecule has 21 heavy (non-hydrogen) atoms. The van der Waals surface area contributed by atoms with Crippen LogP contribution in [-0.4, -0.2) is 11.7 Å². The highest BCUT2D eigenvalue weighted by Gasteiger charge is 2.03. The van der Waals surface area contributed by atoms with Gasteiger partial charge in [0.2, 0.25) is 0 Å². The number of halogens is 1. The van der Waals surface area contributed by atoms with Crippen molar-refractivity contribution in [1.82, 2.24) is 0 Å². The summed E-state index contributed by atoms with van der Waals surface area (Å²) in [6, 6.07) is 16.6. The van der Waals surface area contributed by atoms with Gasteiger partial charge in [0.05, 0.1) is 5.88 Å². The van der Waals surface area contributed by atoms with E-state index in [4.69, 9.17) is 11.6 Å². The monoisotopic (exact) mass is 300 g/mol. The first kappa shape index (κ1) is 15.8. The van der Waals surface area contributed by atoms with Gasteiger partial charge in [0.1, 0.15) is 0 Å². The largest absolute Gasteiger partial charge is 0.293 e. The zero-order chi connectivity index (χ0) is 15.1. The normalized spacial score (nSPS) is 10.6. The van der Waals surface area contributed by atoms with E-state index in [1.54, 1.807) is 0 Å². The van der Waals surface area contributed by atoms with E-state index in [1.165, 1.54) is 23.1 Å². The third kappa shape index (κ3) is 5.02. The molecule has 2 heteroatoms. The minimum absolute atomic E-state index is 0.0115. The molecule has 0 amide bonds. The van der Waals surface area contributed by atoms with Crippen molar-refractivity contribution in [3.05, 3.63) is 70.8 Å². The summed E-state index contributed by atoms with van der Waals surface area (Å²) in [4.78, 5) is 11.4. The summed E-state index contributed by atoms with van der Waals surface area (Å²) in [7, 11) is 0. The van der Waals surface area contributed by atoms with Gasteiger partial charge >= 0.3 is 0 Å². The fraction of sp³-hybridized carbons (Fsp3) is 0.316. The molecule has 0 radical (unpaired) electrons.